The van der Waals surface area contributed by atoms with E-state index in [1.807, 2.05) is 43.5 Å². The van der Waals surface area contributed by atoms with Gasteiger partial charge in [0.1, 0.15) is 12.3 Å². The minimum absolute atomic E-state index is 0.406. The molecule has 0 aromatic carbocycles. The van der Waals surface area contributed by atoms with Gasteiger partial charge in [-0.05, 0) is 57.6 Å². The van der Waals surface area contributed by atoms with Crippen LogP contribution in [-0.4, -0.2) is 63.7 Å². The monoisotopic (exact) mass is 420 g/mol. The van der Waals surface area contributed by atoms with E-state index in [0.29, 0.717) is 35.8 Å². The van der Waals surface area contributed by atoms with Gasteiger partial charge in [0.25, 0.3) is 0 Å². The van der Waals surface area contributed by atoms with Gasteiger partial charge in [-0.2, -0.15) is 10.2 Å². The van der Waals surface area contributed by atoms with Crippen LogP contribution in [-0.2, 0) is 4.74 Å². The second kappa shape index (κ2) is 9.13. The molecule has 9 heteroatoms. The number of allylic oxidation sites excluding steroid dienone is 1. The molecule has 162 valence electrons. The van der Waals surface area contributed by atoms with E-state index in [1.54, 1.807) is 11.6 Å². The lowest BCUT2D eigenvalue weighted by Crippen LogP contribution is -2.30. The molecule has 1 fully saturated rings. The zero-order valence-corrected chi connectivity index (χ0v) is 18.1. The summed E-state index contributed by atoms with van der Waals surface area (Å²) in [5.41, 5.74) is 9.29. The summed E-state index contributed by atoms with van der Waals surface area (Å²) in [7, 11) is 3.87. The Kier molecular flexibility index (Phi) is 6.13. The fourth-order valence-corrected chi connectivity index (χ4v) is 3.75. The first-order valence-corrected chi connectivity index (χ1v) is 10.4. The Balaban J connectivity index is 1.52. The minimum atomic E-state index is 0.406. The number of likely N-dealkylation sites (tertiary alicyclic amines) is 1. The largest absolute Gasteiger partial charge is 0.488 e. The predicted octanol–water partition coefficient (Wildman–Crippen LogP) is 2.51. The standard InChI is InChI=1S/C22H28N8O/c1-15-6-7-20(27-26-15)25-21-12-18-11-16(8-10-30(18)28-21)22(24-2)19(13-23)31-14-17-5-4-9-29(17)3/h6-8,10-13,17H,4-5,9,14,23H2,1-3H3,(H,25,27,28)/b19-13+,24-22?/t17-/m1/s1. The molecule has 0 spiro atoms. The van der Waals surface area contributed by atoms with E-state index in [-0.39, 0.29) is 0 Å². The van der Waals surface area contributed by atoms with Crippen LogP contribution in [0.3, 0.4) is 0 Å². The summed E-state index contributed by atoms with van der Waals surface area (Å²) in [6.07, 6.45) is 5.71. The Bertz CT molecular complexity index is 1100. The summed E-state index contributed by atoms with van der Waals surface area (Å²) in [5.74, 6) is 1.91. The average molecular weight is 421 g/mol. The minimum Gasteiger partial charge on any atom is -0.488 e. The predicted molar refractivity (Wildman–Crippen MR) is 122 cm³/mol. The van der Waals surface area contributed by atoms with Crippen molar-refractivity contribution in [2.24, 2.45) is 10.7 Å². The van der Waals surface area contributed by atoms with E-state index in [4.69, 9.17) is 10.5 Å². The summed E-state index contributed by atoms with van der Waals surface area (Å²) < 4.78 is 7.87. The molecular weight excluding hydrogens is 392 g/mol. The number of rotatable bonds is 7. The van der Waals surface area contributed by atoms with Crippen molar-refractivity contribution >= 4 is 22.9 Å². The quantitative estimate of drug-likeness (QED) is 0.447. The molecule has 0 bridgehead atoms. The number of anilines is 2. The second-order valence-corrected chi connectivity index (χ2v) is 7.69. The molecule has 0 unspecified atom stereocenters. The van der Waals surface area contributed by atoms with Crippen LogP contribution in [0, 0.1) is 6.92 Å². The van der Waals surface area contributed by atoms with Gasteiger partial charge in [-0.15, -0.1) is 5.10 Å². The summed E-state index contributed by atoms with van der Waals surface area (Å²) in [6.45, 7) is 3.60. The van der Waals surface area contributed by atoms with Crippen LogP contribution >= 0.6 is 0 Å². The van der Waals surface area contributed by atoms with Crippen molar-refractivity contribution in [1.29, 1.82) is 0 Å². The fourth-order valence-electron chi connectivity index (χ4n) is 3.75. The zero-order valence-electron chi connectivity index (χ0n) is 18.1. The first-order valence-electron chi connectivity index (χ1n) is 10.4. The Labute approximate surface area is 181 Å². The molecule has 0 saturated carbocycles. The van der Waals surface area contributed by atoms with E-state index >= 15 is 0 Å². The van der Waals surface area contributed by atoms with Crippen LogP contribution in [0.2, 0.25) is 0 Å². The Morgan fingerprint density at radius 2 is 2.16 bits per heavy atom. The number of nitrogens with two attached hydrogens (primary N) is 1. The SMILES string of the molecule is CN=C(/C(=C\N)OC[C@H]1CCCN1C)c1ccn2nc(Nc3ccc(C)nn3)cc2c1. The molecule has 9 nitrogen and oxygen atoms in total. The van der Waals surface area contributed by atoms with Gasteiger partial charge in [-0.25, -0.2) is 4.52 Å². The number of pyridine rings is 1. The van der Waals surface area contributed by atoms with Gasteiger partial charge in [-0.3, -0.25) is 4.99 Å². The Morgan fingerprint density at radius 1 is 1.29 bits per heavy atom. The second-order valence-electron chi connectivity index (χ2n) is 7.69. The van der Waals surface area contributed by atoms with Crippen LogP contribution in [0.5, 0.6) is 0 Å². The molecule has 0 amide bonds. The third-order valence-electron chi connectivity index (χ3n) is 5.50. The number of nitrogens with one attached hydrogen (secondary N) is 1. The lowest BCUT2D eigenvalue weighted by Gasteiger charge is -2.21. The zero-order chi connectivity index (χ0) is 21.8. The average Bonchev–Trinajstić information content (AvgIpc) is 3.37. The summed E-state index contributed by atoms with van der Waals surface area (Å²) in [6, 6.07) is 10.1. The maximum atomic E-state index is 6.07. The molecule has 0 radical (unpaired) electrons. The number of hydrogen-bond donors (Lipinski definition) is 2. The highest BCUT2D eigenvalue weighted by molar-refractivity contribution is 6.11. The summed E-state index contributed by atoms with van der Waals surface area (Å²) in [4.78, 5) is 6.77. The molecule has 4 rings (SSSR count). The summed E-state index contributed by atoms with van der Waals surface area (Å²) in [5, 5.41) is 15.9. The molecule has 1 saturated heterocycles. The number of aromatic nitrogens is 4. The van der Waals surface area contributed by atoms with E-state index in [2.05, 4.69) is 37.6 Å². The molecule has 1 aliphatic heterocycles. The maximum Gasteiger partial charge on any atom is 0.160 e. The molecule has 0 aliphatic carbocycles. The van der Waals surface area contributed by atoms with E-state index in [1.165, 1.54) is 12.6 Å². The van der Waals surface area contributed by atoms with Crippen LogP contribution < -0.4 is 11.1 Å². The lowest BCUT2D eigenvalue weighted by molar-refractivity contribution is 0.150. The molecule has 3 N–H and O–H groups in total. The van der Waals surface area contributed by atoms with E-state index < -0.39 is 0 Å². The number of aliphatic imine (C=N–C) groups is 1. The number of likely N-dealkylation sites (N-methyl/N-ethyl adjacent to an activating group) is 1. The molecule has 31 heavy (non-hydrogen) atoms. The van der Waals surface area contributed by atoms with Gasteiger partial charge in [-0.1, -0.05) is 0 Å². The van der Waals surface area contributed by atoms with Crippen molar-refractivity contribution in [3.63, 3.8) is 0 Å². The van der Waals surface area contributed by atoms with Crippen molar-refractivity contribution in [2.75, 3.05) is 32.6 Å². The maximum absolute atomic E-state index is 6.07. The van der Waals surface area contributed by atoms with Crippen molar-refractivity contribution in [3.05, 3.63) is 59.7 Å². The van der Waals surface area contributed by atoms with Crippen LogP contribution in [0.15, 0.2) is 53.5 Å². The molecule has 3 aromatic heterocycles. The van der Waals surface area contributed by atoms with E-state index in [0.717, 1.165) is 29.7 Å². The highest BCUT2D eigenvalue weighted by Gasteiger charge is 2.22. The normalized spacial score (nSPS) is 18.0. The van der Waals surface area contributed by atoms with Crippen molar-refractivity contribution in [2.45, 2.75) is 25.8 Å². The number of fused-ring (bicyclic) bond motifs is 1. The molecule has 1 aliphatic rings. The van der Waals surface area contributed by atoms with Crippen LogP contribution in [0.25, 0.3) is 5.52 Å². The van der Waals surface area contributed by atoms with E-state index in [9.17, 15) is 0 Å². The number of hydrogen-bond acceptors (Lipinski definition) is 8. The van der Waals surface area contributed by atoms with Crippen molar-refractivity contribution in [1.82, 2.24) is 24.7 Å². The first-order chi connectivity index (χ1) is 15.1. The molecular formula is C22H28N8O. The summed E-state index contributed by atoms with van der Waals surface area (Å²) >= 11 is 0. The number of ether oxygens (including phenoxy) is 1. The van der Waals surface area contributed by atoms with Gasteiger partial charge in [0.05, 0.1) is 11.2 Å². The molecule has 1 atom stereocenters. The van der Waals surface area contributed by atoms with Gasteiger partial charge >= 0.3 is 0 Å². The van der Waals surface area contributed by atoms with Gasteiger partial charge in [0.15, 0.2) is 17.4 Å². The lowest BCUT2D eigenvalue weighted by atomic mass is 10.1. The number of aryl methyl sites for hydroxylation is 1. The fraction of sp³-hybridized carbons (Fsp3) is 0.364. The van der Waals surface area contributed by atoms with Gasteiger partial charge < -0.3 is 20.7 Å². The third-order valence-corrected chi connectivity index (χ3v) is 5.50. The first kappa shape index (κ1) is 20.8. The topological polar surface area (TPSA) is 106 Å². The van der Waals surface area contributed by atoms with Crippen molar-refractivity contribution in [3.8, 4) is 0 Å². The van der Waals surface area contributed by atoms with Gasteiger partial charge in [0, 0.05) is 37.1 Å². The smallest absolute Gasteiger partial charge is 0.160 e. The third kappa shape index (κ3) is 4.66. The Morgan fingerprint density at radius 3 is 2.84 bits per heavy atom. The van der Waals surface area contributed by atoms with Gasteiger partial charge in [0.2, 0.25) is 0 Å². The van der Waals surface area contributed by atoms with Crippen LogP contribution in [0.4, 0.5) is 11.6 Å². The molecule has 3 aromatic rings. The van der Waals surface area contributed by atoms with Crippen LogP contribution in [0.1, 0.15) is 24.1 Å². The number of nitrogens with zero attached hydrogens (tertiary/aromatic N) is 6. The highest BCUT2D eigenvalue weighted by Crippen LogP contribution is 2.20. The van der Waals surface area contributed by atoms with Crippen molar-refractivity contribution < 1.29 is 4.74 Å². The highest BCUT2D eigenvalue weighted by atomic mass is 16.5. The Hall–Kier alpha value is -3.46. The molecule has 4 heterocycles.